The lowest BCUT2D eigenvalue weighted by Crippen LogP contribution is -2.48. The van der Waals surface area contributed by atoms with Crippen LogP contribution in [0.5, 0.6) is 0 Å². The first-order chi connectivity index (χ1) is 16.5. The summed E-state index contributed by atoms with van der Waals surface area (Å²) in [4.78, 5) is 32.6. The zero-order valence-electron chi connectivity index (χ0n) is 19.3. The Morgan fingerprint density at radius 1 is 1.26 bits per heavy atom. The molecule has 0 saturated carbocycles. The van der Waals surface area contributed by atoms with Crippen molar-refractivity contribution in [1.29, 1.82) is 0 Å². The fourth-order valence-electron chi connectivity index (χ4n) is 5.37. The van der Waals surface area contributed by atoms with E-state index in [0.717, 1.165) is 48.6 Å². The summed E-state index contributed by atoms with van der Waals surface area (Å²) in [5, 5.41) is 19.0. The van der Waals surface area contributed by atoms with Gasteiger partial charge in [0.15, 0.2) is 11.6 Å². The number of hydrogen-bond acceptors (Lipinski definition) is 7. The number of nitrogens with zero attached hydrogens (tertiary/aromatic N) is 6. The molecule has 2 saturated heterocycles. The van der Waals surface area contributed by atoms with Crippen LogP contribution < -0.4 is 10.2 Å². The molecule has 10 nitrogen and oxygen atoms in total. The van der Waals surface area contributed by atoms with E-state index in [0.29, 0.717) is 12.6 Å². The molecule has 2 bridgehead atoms. The van der Waals surface area contributed by atoms with E-state index >= 15 is 0 Å². The van der Waals surface area contributed by atoms with Crippen LogP contribution in [-0.2, 0) is 23.2 Å². The molecule has 0 radical (unpaired) electrons. The Balaban J connectivity index is 0.000000868. The number of carbonyl (C=O) groups is 2. The molecule has 2 N–H and O–H groups in total. The number of carbonyl (C=O) groups excluding carboxylic acids is 1. The number of anilines is 1. The molecule has 178 valence electrons. The first kappa shape index (κ1) is 23.3. The lowest BCUT2D eigenvalue weighted by atomic mass is 9.71. The van der Waals surface area contributed by atoms with Gasteiger partial charge in [0, 0.05) is 50.5 Å². The minimum absolute atomic E-state index is 0.133. The molecule has 3 aromatic heterocycles. The van der Waals surface area contributed by atoms with Crippen LogP contribution >= 0.6 is 0 Å². The van der Waals surface area contributed by atoms with Gasteiger partial charge in [-0.2, -0.15) is 0 Å². The Morgan fingerprint density at radius 3 is 2.71 bits per heavy atom. The Morgan fingerprint density at radius 2 is 2.09 bits per heavy atom. The molecule has 2 aliphatic rings. The van der Waals surface area contributed by atoms with E-state index < -0.39 is 5.41 Å². The van der Waals surface area contributed by atoms with Gasteiger partial charge in [-0.05, 0) is 49.4 Å². The highest BCUT2D eigenvalue weighted by Crippen LogP contribution is 2.53. The fraction of sp³-hybridized carbons (Fsp3) is 0.417. The first-order valence-electron chi connectivity index (χ1n) is 11.4. The lowest BCUT2D eigenvalue weighted by molar-refractivity contribution is -0.132. The predicted octanol–water partition coefficient (Wildman–Crippen LogP) is 2.43. The van der Waals surface area contributed by atoms with Crippen molar-refractivity contribution >= 4 is 18.2 Å². The van der Waals surface area contributed by atoms with Crippen LogP contribution in [0.2, 0.25) is 0 Å². The molecular formula is C24H29N7O3. The molecule has 2 aliphatic heterocycles. The number of rotatable bonds is 6. The van der Waals surface area contributed by atoms with Gasteiger partial charge in [-0.25, -0.2) is 4.98 Å². The summed E-state index contributed by atoms with van der Waals surface area (Å²) in [6.45, 7) is 2.38. The number of carboxylic acid groups (broad SMARTS) is 1. The SMILES string of the molecule is CC[C@]1(C(=O)NCc2cccnc2)C[C@H]2CC[C@@H]1N2c1ccc(-c2nccn2C)nn1.O=CO. The third-order valence-corrected chi connectivity index (χ3v) is 6.96. The quantitative estimate of drug-likeness (QED) is 0.534. The van der Waals surface area contributed by atoms with E-state index in [1.807, 2.05) is 42.1 Å². The first-order valence-corrected chi connectivity index (χ1v) is 11.4. The summed E-state index contributed by atoms with van der Waals surface area (Å²) in [7, 11) is 1.94. The maximum absolute atomic E-state index is 13.4. The van der Waals surface area contributed by atoms with E-state index in [4.69, 9.17) is 9.90 Å². The van der Waals surface area contributed by atoms with Crippen LogP contribution in [0.15, 0.2) is 49.1 Å². The van der Waals surface area contributed by atoms with Crippen molar-refractivity contribution in [1.82, 2.24) is 30.0 Å². The zero-order chi connectivity index (χ0) is 24.1. The van der Waals surface area contributed by atoms with Crippen LogP contribution in [0.1, 0.15) is 38.2 Å². The molecule has 1 amide bonds. The van der Waals surface area contributed by atoms with Crippen molar-refractivity contribution in [3.63, 3.8) is 0 Å². The van der Waals surface area contributed by atoms with Crippen molar-refractivity contribution in [2.45, 2.75) is 51.2 Å². The molecular weight excluding hydrogens is 434 g/mol. The van der Waals surface area contributed by atoms with Crippen LogP contribution in [0.3, 0.4) is 0 Å². The van der Waals surface area contributed by atoms with Gasteiger partial charge in [0.05, 0.1) is 5.41 Å². The molecule has 3 atom stereocenters. The second kappa shape index (κ2) is 9.98. The largest absolute Gasteiger partial charge is 0.483 e. The Labute approximate surface area is 198 Å². The molecule has 2 fully saturated rings. The van der Waals surface area contributed by atoms with Crippen LogP contribution in [0.25, 0.3) is 11.5 Å². The molecule has 5 heterocycles. The van der Waals surface area contributed by atoms with Crippen LogP contribution in [0.4, 0.5) is 5.82 Å². The van der Waals surface area contributed by atoms with E-state index in [1.165, 1.54) is 0 Å². The number of hydrogen-bond donors (Lipinski definition) is 2. The number of amides is 1. The van der Waals surface area contributed by atoms with Crippen molar-refractivity contribution in [3.8, 4) is 11.5 Å². The number of fused-ring (bicyclic) bond motifs is 2. The summed E-state index contributed by atoms with van der Waals surface area (Å²) >= 11 is 0. The van der Waals surface area contributed by atoms with Gasteiger partial charge in [0.1, 0.15) is 5.69 Å². The van der Waals surface area contributed by atoms with Gasteiger partial charge >= 0.3 is 0 Å². The van der Waals surface area contributed by atoms with Gasteiger partial charge in [-0.1, -0.05) is 13.0 Å². The smallest absolute Gasteiger partial charge is 0.290 e. The maximum Gasteiger partial charge on any atom is 0.290 e. The molecule has 34 heavy (non-hydrogen) atoms. The standard InChI is InChI=1S/C23H27N7O.CH2O2/c1-3-23(22(31)26-15-16-5-4-10-24-14-16)13-17-6-8-19(23)30(17)20-9-7-18(27-28-20)21-25-11-12-29(21)2;2-1-3/h4-5,7,9-12,14,17,19H,3,6,8,13,15H2,1-2H3,(H,26,31);1H,(H,2,3)/t17-,19+,23+;/m1./s1. The number of nitrogens with one attached hydrogen (secondary N) is 1. The summed E-state index contributed by atoms with van der Waals surface area (Å²) in [6, 6.07) is 8.33. The topological polar surface area (TPSA) is 126 Å². The highest BCUT2D eigenvalue weighted by molar-refractivity contribution is 5.85. The minimum Gasteiger partial charge on any atom is -0.483 e. The van der Waals surface area contributed by atoms with E-state index in [-0.39, 0.29) is 18.4 Å². The average Bonchev–Trinajstić information content (AvgIpc) is 3.57. The van der Waals surface area contributed by atoms with E-state index in [1.54, 1.807) is 18.6 Å². The second-order valence-corrected chi connectivity index (χ2v) is 8.66. The van der Waals surface area contributed by atoms with Crippen molar-refractivity contribution in [2.24, 2.45) is 12.5 Å². The maximum atomic E-state index is 13.4. The normalized spacial score (nSPS) is 22.7. The third-order valence-electron chi connectivity index (χ3n) is 6.96. The number of aryl methyl sites for hydroxylation is 1. The fourth-order valence-corrected chi connectivity index (χ4v) is 5.37. The van der Waals surface area contributed by atoms with Crippen LogP contribution in [0, 0.1) is 5.41 Å². The van der Waals surface area contributed by atoms with Gasteiger partial charge in [-0.15, -0.1) is 10.2 Å². The average molecular weight is 464 g/mol. The summed E-state index contributed by atoms with van der Waals surface area (Å²) in [6.07, 6.45) is 10.9. The van der Waals surface area contributed by atoms with Crippen molar-refractivity contribution < 1.29 is 14.7 Å². The van der Waals surface area contributed by atoms with Crippen molar-refractivity contribution in [2.75, 3.05) is 4.90 Å². The number of aromatic nitrogens is 5. The van der Waals surface area contributed by atoms with Gasteiger partial charge < -0.3 is 19.9 Å². The second-order valence-electron chi connectivity index (χ2n) is 8.66. The molecule has 0 aromatic carbocycles. The molecule has 3 aromatic rings. The summed E-state index contributed by atoms with van der Waals surface area (Å²) < 4.78 is 1.93. The Hall–Kier alpha value is -3.82. The zero-order valence-corrected chi connectivity index (χ0v) is 19.3. The highest BCUT2D eigenvalue weighted by Gasteiger charge is 2.59. The summed E-state index contributed by atoms with van der Waals surface area (Å²) in [5.41, 5.74) is 1.36. The predicted molar refractivity (Wildman–Crippen MR) is 126 cm³/mol. The lowest BCUT2D eigenvalue weighted by Gasteiger charge is -2.35. The molecule has 5 rings (SSSR count). The molecule has 10 heteroatoms. The molecule has 0 spiro atoms. The van der Waals surface area contributed by atoms with Crippen molar-refractivity contribution in [3.05, 3.63) is 54.6 Å². The van der Waals surface area contributed by atoms with Gasteiger partial charge in [0.2, 0.25) is 5.91 Å². The minimum atomic E-state index is -0.398. The Kier molecular flexibility index (Phi) is 6.85. The highest BCUT2D eigenvalue weighted by atomic mass is 16.3. The monoisotopic (exact) mass is 463 g/mol. The van der Waals surface area contributed by atoms with E-state index in [2.05, 4.69) is 37.3 Å². The third kappa shape index (κ3) is 4.23. The summed E-state index contributed by atoms with van der Waals surface area (Å²) in [5.74, 6) is 1.77. The molecule has 0 aliphatic carbocycles. The van der Waals surface area contributed by atoms with Crippen LogP contribution in [-0.4, -0.2) is 54.3 Å². The number of imidazole rings is 1. The molecule has 0 unspecified atom stereocenters. The number of pyridine rings is 1. The van der Waals surface area contributed by atoms with E-state index in [9.17, 15) is 4.79 Å². The Bertz CT molecular complexity index is 1120. The van der Waals surface area contributed by atoms with Gasteiger partial charge in [0.25, 0.3) is 6.47 Å². The van der Waals surface area contributed by atoms with Gasteiger partial charge in [-0.3, -0.25) is 14.6 Å².